The van der Waals surface area contributed by atoms with Crippen molar-refractivity contribution in [3.05, 3.63) is 16.7 Å². The van der Waals surface area contributed by atoms with Gasteiger partial charge in [0, 0.05) is 0 Å². The molecule has 16 heteroatoms. The number of nitrogen functional groups attached to an aromatic ring is 1. The van der Waals surface area contributed by atoms with Gasteiger partial charge in [0.25, 0.3) is 11.5 Å². The molecule has 2 aromatic heterocycles. The van der Waals surface area contributed by atoms with E-state index in [1.807, 2.05) is 0 Å². The van der Waals surface area contributed by atoms with Crippen LogP contribution >= 0.6 is 7.60 Å². The zero-order valence-corrected chi connectivity index (χ0v) is 18.8. The van der Waals surface area contributed by atoms with Crippen LogP contribution in [0.2, 0.25) is 0 Å². The summed E-state index contributed by atoms with van der Waals surface area (Å²) in [5, 5.41) is 19.9. The number of nitrogens with one attached hydrogen (secondary N) is 1. The summed E-state index contributed by atoms with van der Waals surface area (Å²) in [6, 6.07) is 0. The first-order valence-corrected chi connectivity index (χ1v) is 8.25. The number of aromatic nitrogens is 4. The minimum atomic E-state index is -5.13. The molecule has 132 valence electrons. The van der Waals surface area contributed by atoms with Gasteiger partial charge in [0.1, 0.15) is 12.4 Å². The number of hydrogen-bond acceptors (Lipinski definition) is 11. The van der Waals surface area contributed by atoms with Crippen molar-refractivity contribution >= 4 is 24.7 Å². The summed E-state index contributed by atoms with van der Waals surface area (Å²) in [5.74, 6) is -2.60. The molecule has 3 atom stereocenters. The third-order valence-corrected chi connectivity index (χ3v) is 3.84. The second-order valence-corrected chi connectivity index (χ2v) is 6.56. The van der Waals surface area contributed by atoms with E-state index in [1.165, 1.54) is 0 Å². The standard InChI is InChI=1S/C10H14N5O8P.2Na/c11-9-13-7-5(8(18)14-9)12-2-15(7)10(23-3-24(19,20)21)6(17)4(16)1-22-10;;/h2,4,6,16-17H,1,3H2,(H2,19,20,21)(H3,11,13,14,18);;/q;2*+1/p-2/t4-,6-,10+;;/m1../s1. The van der Waals surface area contributed by atoms with E-state index in [-0.39, 0.29) is 76.2 Å². The van der Waals surface area contributed by atoms with Crippen LogP contribution in [0, 0.1) is 0 Å². The van der Waals surface area contributed by atoms with Gasteiger partial charge in [-0.15, -0.1) is 0 Å². The average Bonchev–Trinajstić information content (AvgIpc) is 3.01. The summed E-state index contributed by atoms with van der Waals surface area (Å²) < 4.78 is 22.0. The molecule has 3 heterocycles. The zero-order valence-electron chi connectivity index (χ0n) is 13.9. The maximum Gasteiger partial charge on any atom is 1.00 e. The summed E-state index contributed by atoms with van der Waals surface area (Å²) in [5.41, 5.74) is 4.36. The second-order valence-electron chi connectivity index (χ2n) is 5.08. The number of H-pyrrole nitrogens is 1. The molecule has 26 heavy (non-hydrogen) atoms. The number of aromatic amines is 1. The molecule has 13 nitrogen and oxygen atoms in total. The molecule has 1 aliphatic heterocycles. The average molecular weight is 407 g/mol. The van der Waals surface area contributed by atoms with Gasteiger partial charge in [0.15, 0.2) is 17.3 Å². The normalized spacial score (nSPS) is 25.7. The third kappa shape index (κ3) is 4.41. The van der Waals surface area contributed by atoms with E-state index < -0.39 is 44.2 Å². The fourth-order valence-electron chi connectivity index (χ4n) is 2.36. The van der Waals surface area contributed by atoms with Gasteiger partial charge in [0.05, 0.1) is 13.0 Å². The molecule has 0 amide bonds. The summed E-state index contributed by atoms with van der Waals surface area (Å²) in [7, 11) is -5.13. The largest absolute Gasteiger partial charge is 1.00 e. The number of nitrogens with zero attached hydrogens (tertiary/aromatic N) is 3. The smallest absolute Gasteiger partial charge is 0.809 e. The van der Waals surface area contributed by atoms with E-state index in [9.17, 15) is 29.4 Å². The van der Waals surface area contributed by atoms with Crippen LogP contribution in [0.3, 0.4) is 0 Å². The molecule has 0 aromatic carbocycles. The van der Waals surface area contributed by atoms with Crippen LogP contribution in [0.5, 0.6) is 0 Å². The fourth-order valence-corrected chi connectivity index (χ4v) is 2.70. The fraction of sp³-hybridized carbons (Fsp3) is 0.500. The maximum atomic E-state index is 11.8. The van der Waals surface area contributed by atoms with Gasteiger partial charge in [-0.05, 0) is 7.60 Å². The van der Waals surface area contributed by atoms with Crippen molar-refractivity contribution in [2.45, 2.75) is 18.1 Å². The van der Waals surface area contributed by atoms with Crippen LogP contribution in [-0.4, -0.2) is 54.9 Å². The Balaban J connectivity index is 0.00000169. The Hall–Kier alpha value is 0.140. The van der Waals surface area contributed by atoms with Gasteiger partial charge in [-0.3, -0.25) is 14.3 Å². The van der Waals surface area contributed by atoms with E-state index >= 15 is 0 Å². The van der Waals surface area contributed by atoms with Crippen LogP contribution in [-0.2, 0) is 19.9 Å². The van der Waals surface area contributed by atoms with Crippen molar-refractivity contribution in [1.29, 1.82) is 0 Å². The van der Waals surface area contributed by atoms with Crippen LogP contribution < -0.4 is 80.2 Å². The Kier molecular flexibility index (Phi) is 8.05. The number of rotatable bonds is 4. The third-order valence-electron chi connectivity index (χ3n) is 3.39. The molecule has 1 aliphatic rings. The van der Waals surface area contributed by atoms with Crippen LogP contribution in [0.25, 0.3) is 11.2 Å². The SMILES string of the molecule is Nc1nc2c(ncn2[C@]2(OCP(=O)([O-])[O-])OC[C@@H](O)[C@H]2O)c(=O)[nH]1.[Na+].[Na+]. The molecule has 0 aliphatic carbocycles. The number of aliphatic hydroxyl groups excluding tert-OH is 2. The zero-order chi connectivity index (χ0) is 17.7. The van der Waals surface area contributed by atoms with Gasteiger partial charge in [-0.1, -0.05) is 0 Å². The number of aliphatic hydroxyl groups is 2. The van der Waals surface area contributed by atoms with Gasteiger partial charge in [-0.25, -0.2) is 4.98 Å². The van der Waals surface area contributed by atoms with E-state index in [0.29, 0.717) is 0 Å². The van der Waals surface area contributed by atoms with Crippen molar-refractivity contribution in [3.8, 4) is 0 Å². The summed E-state index contributed by atoms with van der Waals surface area (Å²) in [4.78, 5) is 43.4. The molecule has 1 fully saturated rings. The van der Waals surface area contributed by atoms with E-state index in [1.54, 1.807) is 0 Å². The molecule has 1 saturated heterocycles. The van der Waals surface area contributed by atoms with Crippen molar-refractivity contribution in [2.75, 3.05) is 18.7 Å². The number of ether oxygens (including phenoxy) is 2. The molecule has 0 spiro atoms. The number of nitrogens with two attached hydrogens (primary N) is 1. The Bertz CT molecular complexity index is 886. The van der Waals surface area contributed by atoms with Gasteiger partial charge in [-0.2, -0.15) is 4.98 Å². The van der Waals surface area contributed by atoms with Crippen LogP contribution in [0.1, 0.15) is 0 Å². The number of fused-ring (bicyclic) bond motifs is 1. The van der Waals surface area contributed by atoms with E-state index in [2.05, 4.69) is 15.0 Å². The van der Waals surface area contributed by atoms with Crippen molar-refractivity contribution in [2.24, 2.45) is 0 Å². The first-order chi connectivity index (χ1) is 11.1. The second kappa shape index (κ2) is 8.66. The maximum absolute atomic E-state index is 11.8. The minimum Gasteiger partial charge on any atom is -0.809 e. The Morgan fingerprint density at radius 3 is 2.69 bits per heavy atom. The van der Waals surface area contributed by atoms with Crippen molar-refractivity contribution in [1.82, 2.24) is 19.5 Å². The van der Waals surface area contributed by atoms with Gasteiger partial charge in [0.2, 0.25) is 5.95 Å². The van der Waals surface area contributed by atoms with Gasteiger partial charge >= 0.3 is 59.1 Å². The summed E-state index contributed by atoms with van der Waals surface area (Å²) in [6.45, 7) is -0.429. The van der Waals surface area contributed by atoms with Crippen LogP contribution in [0.15, 0.2) is 11.1 Å². The van der Waals surface area contributed by atoms with Crippen molar-refractivity contribution in [3.63, 3.8) is 0 Å². The quantitative estimate of drug-likeness (QED) is 0.276. The predicted molar refractivity (Wildman–Crippen MR) is 72.1 cm³/mol. The first-order valence-electron chi connectivity index (χ1n) is 6.52. The molecule has 0 saturated carbocycles. The molecule has 0 unspecified atom stereocenters. The molecular weight excluding hydrogens is 395 g/mol. The molecule has 0 bridgehead atoms. The monoisotopic (exact) mass is 407 g/mol. The Labute approximate surface area is 189 Å². The summed E-state index contributed by atoms with van der Waals surface area (Å²) >= 11 is 0. The number of imidazole rings is 1. The summed E-state index contributed by atoms with van der Waals surface area (Å²) in [6.07, 6.45) is -3.59. The Morgan fingerprint density at radius 1 is 1.50 bits per heavy atom. The molecule has 5 N–H and O–H groups in total. The molecule has 0 radical (unpaired) electrons. The number of anilines is 1. The molecular formula is C10H12N5Na2O8P. The van der Waals surface area contributed by atoms with Crippen LogP contribution in [0.4, 0.5) is 5.95 Å². The van der Waals surface area contributed by atoms with Gasteiger partial charge < -0.3 is 39.8 Å². The van der Waals surface area contributed by atoms with Crippen molar-refractivity contribution < 1.29 is 93.2 Å². The molecule has 2 aromatic rings. The first kappa shape index (κ1) is 24.2. The van der Waals surface area contributed by atoms with E-state index in [0.717, 1.165) is 10.9 Å². The molecule has 3 rings (SSSR count). The Morgan fingerprint density at radius 2 is 2.15 bits per heavy atom. The topological polar surface area (TPSA) is 212 Å². The minimum absolute atomic E-state index is 0. The van der Waals surface area contributed by atoms with E-state index in [4.69, 9.17) is 15.2 Å². The number of hydrogen-bond donors (Lipinski definition) is 4. The predicted octanol–water partition coefficient (Wildman–Crippen LogP) is -10.0.